The molecule has 3 unspecified atom stereocenters. The van der Waals surface area contributed by atoms with Crippen molar-refractivity contribution in [2.75, 3.05) is 39.4 Å². The maximum absolute atomic E-state index is 14.5. The molecule has 6 rings (SSSR count). The molecule has 48 heavy (non-hydrogen) atoms. The first kappa shape index (κ1) is 34.6. The van der Waals surface area contributed by atoms with Gasteiger partial charge in [0.2, 0.25) is 15.9 Å². The summed E-state index contributed by atoms with van der Waals surface area (Å²) in [6.07, 6.45) is 7.80. The topological polar surface area (TPSA) is 146 Å². The second-order valence-corrected chi connectivity index (χ2v) is 15.5. The third kappa shape index (κ3) is 7.33. The normalized spacial score (nSPS) is 30.7. The second kappa shape index (κ2) is 14.3. The van der Waals surface area contributed by atoms with Crippen LogP contribution in [0.2, 0.25) is 0 Å². The maximum atomic E-state index is 14.5. The van der Waals surface area contributed by atoms with E-state index in [2.05, 4.69) is 28.6 Å². The number of nitrogens with one attached hydrogen (secondary N) is 1. The van der Waals surface area contributed by atoms with Crippen molar-refractivity contribution in [3.8, 4) is 11.8 Å². The number of amides is 3. The first-order chi connectivity index (χ1) is 23.0. The van der Waals surface area contributed by atoms with Gasteiger partial charge in [0.05, 0.1) is 17.4 Å². The van der Waals surface area contributed by atoms with Gasteiger partial charge in [0.1, 0.15) is 11.4 Å². The standard InChI is InChI=1S/C35H46FN5O6S/c1-2-14-40(34(43)38-20-24-6-10-32(11-7-24)48(37,45)46)31-18-29-8-9-30(19-31)41(29)22-27-21-39(33(42)25-12-15-47-16-13-25)23-35(27,44)26-4-3-5-28(36)17-26/h2,5-7,10-11,25-27,29-31,44H,1,8-9,12-23H2,(H,38,43)(H2,37,45,46)/t26?,27-,29?,30?,31?,35+/m1/s1. The highest BCUT2D eigenvalue weighted by Crippen LogP contribution is 2.44. The lowest BCUT2D eigenvalue weighted by Crippen LogP contribution is -2.57. The lowest BCUT2D eigenvalue weighted by atomic mass is 9.76. The van der Waals surface area contributed by atoms with Crippen LogP contribution in [-0.2, 0) is 26.1 Å². The molecule has 4 heterocycles. The van der Waals surface area contributed by atoms with Gasteiger partial charge in [-0.25, -0.2) is 22.7 Å². The number of likely N-dealkylation sites (tertiary alicyclic amines) is 1. The number of allylic oxidation sites excluding steroid dienone is 2. The highest BCUT2D eigenvalue weighted by molar-refractivity contribution is 7.89. The number of primary sulfonamides is 1. The van der Waals surface area contributed by atoms with E-state index in [-0.39, 0.29) is 72.1 Å². The van der Waals surface area contributed by atoms with Crippen molar-refractivity contribution < 1.29 is 32.2 Å². The number of β-amino-alcohol motifs (C(OH)–C–C–N with tert-alkyl or cyclic N) is 1. The van der Waals surface area contributed by atoms with Gasteiger partial charge in [-0.2, -0.15) is 0 Å². The second-order valence-electron chi connectivity index (χ2n) is 13.9. The molecule has 11 nitrogen and oxygen atoms in total. The van der Waals surface area contributed by atoms with Gasteiger partial charge in [-0.1, -0.05) is 30.0 Å². The number of fused-ring (bicyclic) bond motifs is 2. The fourth-order valence-corrected chi connectivity index (χ4v) is 8.91. The van der Waals surface area contributed by atoms with Gasteiger partial charge in [-0.05, 0) is 56.2 Å². The minimum absolute atomic E-state index is 0.0124. The number of hydrogen-bond acceptors (Lipinski definition) is 7. The van der Waals surface area contributed by atoms with Crippen LogP contribution in [0.4, 0.5) is 9.18 Å². The van der Waals surface area contributed by atoms with Crippen molar-refractivity contribution in [1.82, 2.24) is 20.0 Å². The quantitative estimate of drug-likeness (QED) is 0.254. The number of carbonyl (C=O) groups is 2. The van der Waals surface area contributed by atoms with Crippen LogP contribution in [0.15, 0.2) is 53.7 Å². The number of halogens is 1. The minimum atomic E-state index is -3.80. The van der Waals surface area contributed by atoms with E-state index >= 15 is 0 Å². The number of hydrogen-bond donors (Lipinski definition) is 3. The molecule has 5 aliphatic rings. The van der Waals surface area contributed by atoms with E-state index in [1.54, 1.807) is 23.1 Å². The lowest BCUT2D eigenvalue weighted by molar-refractivity contribution is -0.138. The highest BCUT2D eigenvalue weighted by Gasteiger charge is 2.54. The van der Waals surface area contributed by atoms with Crippen LogP contribution in [0.3, 0.4) is 0 Å². The summed E-state index contributed by atoms with van der Waals surface area (Å²) in [7, 11) is -3.80. The molecule has 1 aromatic carbocycles. The molecular formula is C35H46FN5O6S. The Bertz CT molecular complexity index is 1570. The third-order valence-electron chi connectivity index (χ3n) is 11.0. The van der Waals surface area contributed by atoms with Crippen molar-refractivity contribution in [2.24, 2.45) is 22.9 Å². The van der Waals surface area contributed by atoms with E-state index in [4.69, 9.17) is 9.88 Å². The summed E-state index contributed by atoms with van der Waals surface area (Å²) in [5.74, 6) is 4.49. The number of urea groups is 1. The number of ether oxygens (including phenoxy) is 1. The van der Waals surface area contributed by atoms with Crippen molar-refractivity contribution in [1.29, 1.82) is 0 Å². The number of nitrogens with zero attached hydrogens (tertiary/aromatic N) is 3. The van der Waals surface area contributed by atoms with Crippen LogP contribution >= 0.6 is 0 Å². The minimum Gasteiger partial charge on any atom is -0.386 e. The first-order valence-electron chi connectivity index (χ1n) is 16.9. The molecule has 0 aromatic heterocycles. The number of carbonyl (C=O) groups excluding carboxylic acids is 2. The number of aliphatic hydroxyl groups is 1. The Hall–Kier alpha value is -3.28. The van der Waals surface area contributed by atoms with Gasteiger partial charge < -0.3 is 25.0 Å². The molecule has 13 heteroatoms. The van der Waals surface area contributed by atoms with Crippen LogP contribution < -0.4 is 10.5 Å². The molecule has 4 saturated heterocycles. The van der Waals surface area contributed by atoms with Crippen LogP contribution in [0.5, 0.6) is 0 Å². The zero-order valence-corrected chi connectivity index (χ0v) is 28.0. The van der Waals surface area contributed by atoms with Crippen molar-refractivity contribution in [3.05, 3.63) is 54.4 Å². The van der Waals surface area contributed by atoms with E-state index in [1.165, 1.54) is 18.2 Å². The number of nitrogens with two attached hydrogens (primary N) is 1. The summed E-state index contributed by atoms with van der Waals surface area (Å²) in [4.78, 5) is 33.1. The van der Waals surface area contributed by atoms with Gasteiger partial charge in [-0.3, -0.25) is 9.69 Å². The molecule has 0 spiro atoms. The predicted octanol–water partition coefficient (Wildman–Crippen LogP) is 2.52. The third-order valence-corrected chi connectivity index (χ3v) is 11.9. The Morgan fingerprint density at radius 2 is 1.85 bits per heavy atom. The monoisotopic (exact) mass is 683 g/mol. The van der Waals surface area contributed by atoms with Gasteiger partial charge in [0, 0.05) is 81.9 Å². The molecular weight excluding hydrogens is 637 g/mol. The smallest absolute Gasteiger partial charge is 0.318 e. The maximum Gasteiger partial charge on any atom is 0.318 e. The molecule has 2 bridgehead atoms. The van der Waals surface area contributed by atoms with Gasteiger partial charge in [-0.15, -0.1) is 6.58 Å². The van der Waals surface area contributed by atoms with Crippen molar-refractivity contribution >= 4 is 22.0 Å². The fraction of sp³-hybridized carbons (Fsp3) is 0.600. The summed E-state index contributed by atoms with van der Waals surface area (Å²) < 4.78 is 43.1. The van der Waals surface area contributed by atoms with Gasteiger partial charge in [0.15, 0.2) is 0 Å². The van der Waals surface area contributed by atoms with Gasteiger partial charge in [0.25, 0.3) is 0 Å². The zero-order chi connectivity index (χ0) is 34.1. The lowest BCUT2D eigenvalue weighted by Gasteiger charge is -2.45. The fourth-order valence-electron chi connectivity index (χ4n) is 8.40. The molecule has 4 aliphatic heterocycles. The summed E-state index contributed by atoms with van der Waals surface area (Å²) >= 11 is 0. The zero-order valence-electron chi connectivity index (χ0n) is 27.2. The average Bonchev–Trinajstić information content (AvgIpc) is 3.53. The van der Waals surface area contributed by atoms with E-state index < -0.39 is 21.5 Å². The van der Waals surface area contributed by atoms with E-state index in [9.17, 15) is 27.5 Å². The molecule has 4 N–H and O–H groups in total. The van der Waals surface area contributed by atoms with Crippen LogP contribution in [0, 0.1) is 29.6 Å². The van der Waals surface area contributed by atoms with E-state index in [0.717, 1.165) is 31.2 Å². The molecule has 1 aromatic rings. The van der Waals surface area contributed by atoms with Crippen LogP contribution in [0.25, 0.3) is 0 Å². The molecule has 0 radical (unpaired) electrons. The van der Waals surface area contributed by atoms with Crippen molar-refractivity contribution in [3.63, 3.8) is 0 Å². The molecule has 260 valence electrons. The Morgan fingerprint density at radius 3 is 2.48 bits per heavy atom. The molecule has 0 saturated carbocycles. The van der Waals surface area contributed by atoms with Crippen LogP contribution in [-0.4, -0.2) is 103 Å². The largest absolute Gasteiger partial charge is 0.386 e. The average molecular weight is 684 g/mol. The number of sulfonamides is 1. The first-order valence-corrected chi connectivity index (χ1v) is 18.5. The van der Waals surface area contributed by atoms with E-state index in [1.807, 2.05) is 4.90 Å². The van der Waals surface area contributed by atoms with Crippen molar-refractivity contribution in [2.45, 2.75) is 80.1 Å². The molecule has 4 fully saturated rings. The Morgan fingerprint density at radius 1 is 1.17 bits per heavy atom. The van der Waals surface area contributed by atoms with E-state index in [0.29, 0.717) is 45.7 Å². The Balaban J connectivity index is 1.12. The molecule has 3 amide bonds. The number of rotatable bonds is 10. The molecule has 1 aliphatic carbocycles. The number of piperidine rings is 1. The summed E-state index contributed by atoms with van der Waals surface area (Å²) in [5, 5.41) is 20.4. The summed E-state index contributed by atoms with van der Waals surface area (Å²) in [6.45, 7) is 6.70. The Kier molecular flexibility index (Phi) is 10.3. The van der Waals surface area contributed by atoms with Crippen LogP contribution in [0.1, 0.15) is 50.5 Å². The highest BCUT2D eigenvalue weighted by atomic mass is 32.2. The molecule has 5 atom stereocenters. The number of benzene rings is 1. The Labute approximate surface area is 282 Å². The van der Waals surface area contributed by atoms with Gasteiger partial charge >= 0.3 is 6.03 Å². The summed E-state index contributed by atoms with van der Waals surface area (Å²) in [6, 6.07) is 6.25. The SMILES string of the molecule is C=CCN(C(=O)NCc1ccc(S(N)(=O)=O)cc1)C1CC2CCC(C1)N2C[C@H]1CN(C(=O)C2CCOCC2)C[C@]1(O)C1C#CC=C(F)C1. The predicted molar refractivity (Wildman–Crippen MR) is 177 cm³/mol. The summed E-state index contributed by atoms with van der Waals surface area (Å²) in [5.41, 5.74) is -0.590.